The van der Waals surface area contributed by atoms with Crippen molar-refractivity contribution in [2.75, 3.05) is 12.3 Å². The van der Waals surface area contributed by atoms with E-state index in [1.807, 2.05) is 0 Å². The zero-order valence-electron chi connectivity index (χ0n) is 12.5. The Bertz CT molecular complexity index is 448. The number of benzene rings is 1. The minimum absolute atomic E-state index is 0.0502. The molecule has 0 aliphatic heterocycles. The lowest BCUT2D eigenvalue weighted by Gasteiger charge is -2.21. The first-order valence-electron chi connectivity index (χ1n) is 7.21. The van der Waals surface area contributed by atoms with Gasteiger partial charge in [-0.1, -0.05) is 38.8 Å². The Hall–Kier alpha value is -1.58. The number of nitrogens with two attached hydrogens (primary N) is 1. The first kappa shape index (κ1) is 16.5. The van der Waals surface area contributed by atoms with Crippen molar-refractivity contribution in [2.45, 2.75) is 46.0 Å². The smallest absolute Gasteiger partial charge is 0.313 e. The van der Waals surface area contributed by atoms with E-state index in [1.54, 1.807) is 19.1 Å². The molecule has 0 amide bonds. The molecule has 2 N–H and O–H groups in total. The van der Waals surface area contributed by atoms with Gasteiger partial charge < -0.3 is 10.5 Å². The van der Waals surface area contributed by atoms with Gasteiger partial charge in [0.2, 0.25) is 0 Å². The number of hydrogen-bond donors (Lipinski definition) is 1. The van der Waals surface area contributed by atoms with E-state index in [0.29, 0.717) is 24.5 Å². The van der Waals surface area contributed by atoms with Gasteiger partial charge >= 0.3 is 5.97 Å². The molecular weight excluding hydrogens is 257 g/mol. The zero-order chi connectivity index (χ0) is 15.1. The fourth-order valence-corrected chi connectivity index (χ4v) is 2.46. The molecule has 0 aliphatic carbocycles. The molecule has 0 spiro atoms. The van der Waals surface area contributed by atoms with E-state index < -0.39 is 11.7 Å². The minimum Gasteiger partial charge on any atom is -0.466 e. The monoisotopic (exact) mass is 281 g/mol. The molecule has 3 nitrogen and oxygen atoms in total. The van der Waals surface area contributed by atoms with Crippen molar-refractivity contribution in [1.29, 1.82) is 0 Å². The van der Waals surface area contributed by atoms with Crippen molar-refractivity contribution < 1.29 is 13.9 Å². The van der Waals surface area contributed by atoms with Crippen LogP contribution in [0.5, 0.6) is 0 Å². The van der Waals surface area contributed by atoms with E-state index in [0.717, 1.165) is 12.8 Å². The molecule has 0 aliphatic rings. The maximum absolute atomic E-state index is 13.6. The van der Waals surface area contributed by atoms with Crippen molar-refractivity contribution in [1.82, 2.24) is 0 Å². The normalized spacial score (nSPS) is 13.8. The number of rotatable bonds is 7. The molecule has 0 radical (unpaired) electrons. The second-order valence-corrected chi connectivity index (χ2v) is 5.18. The summed E-state index contributed by atoms with van der Waals surface area (Å²) >= 11 is 0. The van der Waals surface area contributed by atoms with Crippen molar-refractivity contribution in [3.8, 4) is 0 Å². The molecule has 1 aromatic carbocycles. The third kappa shape index (κ3) is 4.22. The van der Waals surface area contributed by atoms with Crippen molar-refractivity contribution in [3.05, 3.63) is 29.6 Å². The SMILES string of the molecule is CCCC(C)CC(C(=O)OCC)c1cccc(F)c1N. The van der Waals surface area contributed by atoms with Gasteiger partial charge in [0.25, 0.3) is 0 Å². The number of anilines is 1. The molecule has 0 saturated heterocycles. The number of halogens is 1. The molecule has 20 heavy (non-hydrogen) atoms. The van der Waals surface area contributed by atoms with Crippen LogP contribution in [0, 0.1) is 11.7 Å². The zero-order valence-corrected chi connectivity index (χ0v) is 12.5. The summed E-state index contributed by atoms with van der Waals surface area (Å²) in [5, 5.41) is 0. The molecule has 0 fully saturated rings. The number of hydrogen-bond acceptors (Lipinski definition) is 3. The Kier molecular flexibility index (Phi) is 6.49. The maximum atomic E-state index is 13.6. The number of carbonyl (C=O) groups is 1. The molecule has 0 saturated carbocycles. The molecule has 0 aromatic heterocycles. The predicted molar refractivity (Wildman–Crippen MR) is 78.9 cm³/mol. The second-order valence-electron chi connectivity index (χ2n) is 5.18. The number of nitrogen functional groups attached to an aromatic ring is 1. The molecule has 112 valence electrons. The quantitative estimate of drug-likeness (QED) is 0.609. The third-order valence-corrected chi connectivity index (χ3v) is 3.45. The van der Waals surface area contributed by atoms with Crippen LogP contribution in [0.2, 0.25) is 0 Å². The summed E-state index contributed by atoms with van der Waals surface area (Å²) in [6, 6.07) is 4.59. The summed E-state index contributed by atoms with van der Waals surface area (Å²) in [4.78, 5) is 12.1. The Morgan fingerprint density at radius 1 is 1.40 bits per heavy atom. The largest absolute Gasteiger partial charge is 0.466 e. The maximum Gasteiger partial charge on any atom is 0.313 e. The number of para-hydroxylation sites is 1. The summed E-state index contributed by atoms with van der Waals surface area (Å²) in [7, 11) is 0. The van der Waals surface area contributed by atoms with Gasteiger partial charge in [-0.25, -0.2) is 4.39 Å². The summed E-state index contributed by atoms with van der Waals surface area (Å²) in [6.07, 6.45) is 2.70. The lowest BCUT2D eigenvalue weighted by Crippen LogP contribution is -2.20. The molecule has 1 aromatic rings. The fraction of sp³-hybridized carbons (Fsp3) is 0.562. The predicted octanol–water partition coefficient (Wildman–Crippen LogP) is 3.88. The van der Waals surface area contributed by atoms with Crippen molar-refractivity contribution in [2.24, 2.45) is 5.92 Å². The van der Waals surface area contributed by atoms with Gasteiger partial charge in [-0.2, -0.15) is 0 Å². The standard InChI is InChI=1S/C16H24FNO2/c1-4-7-11(3)10-13(16(19)20-5-2)12-8-6-9-14(17)15(12)18/h6,8-9,11,13H,4-5,7,10,18H2,1-3H3. The lowest BCUT2D eigenvalue weighted by molar-refractivity contribution is -0.145. The van der Waals surface area contributed by atoms with Gasteiger partial charge in [0.15, 0.2) is 0 Å². The number of ether oxygens (including phenoxy) is 1. The summed E-state index contributed by atoms with van der Waals surface area (Å²) in [5.74, 6) is -0.947. The van der Waals surface area contributed by atoms with Crippen LogP contribution in [0.15, 0.2) is 18.2 Å². The highest BCUT2D eigenvalue weighted by atomic mass is 19.1. The highest BCUT2D eigenvalue weighted by Gasteiger charge is 2.26. The van der Waals surface area contributed by atoms with Crippen LogP contribution in [-0.4, -0.2) is 12.6 Å². The third-order valence-electron chi connectivity index (χ3n) is 3.45. The number of carbonyl (C=O) groups excluding carboxylic acids is 1. The van der Waals surface area contributed by atoms with E-state index in [-0.39, 0.29) is 11.7 Å². The minimum atomic E-state index is -0.493. The van der Waals surface area contributed by atoms with Gasteiger partial charge in [-0.15, -0.1) is 0 Å². The lowest BCUT2D eigenvalue weighted by atomic mass is 9.86. The molecule has 2 unspecified atom stereocenters. The van der Waals surface area contributed by atoms with E-state index in [4.69, 9.17) is 10.5 Å². The molecule has 2 atom stereocenters. The molecule has 0 bridgehead atoms. The average molecular weight is 281 g/mol. The van der Waals surface area contributed by atoms with E-state index in [9.17, 15) is 9.18 Å². The fourth-order valence-electron chi connectivity index (χ4n) is 2.46. The molecule has 4 heteroatoms. The number of esters is 1. The highest BCUT2D eigenvalue weighted by molar-refractivity contribution is 5.80. The Labute approximate surface area is 120 Å². The Morgan fingerprint density at radius 2 is 2.10 bits per heavy atom. The summed E-state index contributed by atoms with van der Waals surface area (Å²) in [6.45, 7) is 6.27. The second kappa shape index (κ2) is 7.88. The van der Waals surface area contributed by atoms with Crippen molar-refractivity contribution >= 4 is 11.7 Å². The average Bonchev–Trinajstić information content (AvgIpc) is 2.40. The van der Waals surface area contributed by atoms with Crippen LogP contribution in [0.25, 0.3) is 0 Å². The topological polar surface area (TPSA) is 52.3 Å². The van der Waals surface area contributed by atoms with Crippen LogP contribution in [0.3, 0.4) is 0 Å². The van der Waals surface area contributed by atoms with Crippen molar-refractivity contribution in [3.63, 3.8) is 0 Å². The first-order valence-corrected chi connectivity index (χ1v) is 7.21. The Morgan fingerprint density at radius 3 is 2.70 bits per heavy atom. The summed E-state index contributed by atoms with van der Waals surface area (Å²) < 4.78 is 18.7. The summed E-state index contributed by atoms with van der Waals surface area (Å²) in [5.41, 5.74) is 6.37. The van der Waals surface area contributed by atoms with Gasteiger partial charge in [0, 0.05) is 0 Å². The van der Waals surface area contributed by atoms with E-state index in [2.05, 4.69) is 13.8 Å². The van der Waals surface area contributed by atoms with Crippen LogP contribution in [-0.2, 0) is 9.53 Å². The van der Waals surface area contributed by atoms with Crippen LogP contribution in [0.4, 0.5) is 10.1 Å². The Balaban J connectivity index is 3.03. The van der Waals surface area contributed by atoms with E-state index in [1.165, 1.54) is 6.07 Å². The van der Waals surface area contributed by atoms with E-state index >= 15 is 0 Å². The van der Waals surface area contributed by atoms with Gasteiger partial charge in [-0.05, 0) is 30.9 Å². The van der Waals surface area contributed by atoms with Crippen LogP contribution >= 0.6 is 0 Å². The van der Waals surface area contributed by atoms with Gasteiger partial charge in [0.05, 0.1) is 18.2 Å². The van der Waals surface area contributed by atoms with Gasteiger partial charge in [-0.3, -0.25) is 4.79 Å². The van der Waals surface area contributed by atoms with Gasteiger partial charge in [0.1, 0.15) is 5.82 Å². The highest BCUT2D eigenvalue weighted by Crippen LogP contribution is 2.32. The molecule has 0 heterocycles. The van der Waals surface area contributed by atoms with Crippen LogP contribution < -0.4 is 5.73 Å². The first-order chi connectivity index (χ1) is 9.51. The molecule has 1 rings (SSSR count). The molecular formula is C16H24FNO2. The van der Waals surface area contributed by atoms with Crippen LogP contribution in [0.1, 0.15) is 51.5 Å².